The molecule has 2 N–H and O–H groups in total. The maximum absolute atomic E-state index is 14.3. The van der Waals surface area contributed by atoms with Crippen molar-refractivity contribution in [1.29, 1.82) is 0 Å². The zero-order chi connectivity index (χ0) is 21.0. The monoisotopic (exact) mass is 507 g/mol. The van der Waals surface area contributed by atoms with E-state index in [2.05, 4.69) is 63.5 Å². The molecule has 3 aromatic rings. The first-order valence-corrected chi connectivity index (χ1v) is 10.7. The summed E-state index contributed by atoms with van der Waals surface area (Å²) in [6.07, 6.45) is 1.64. The van der Waals surface area contributed by atoms with E-state index in [1.165, 1.54) is 18.2 Å². The zero-order valence-corrected chi connectivity index (χ0v) is 18.4. The third kappa shape index (κ3) is 2.75. The van der Waals surface area contributed by atoms with Gasteiger partial charge in [0.15, 0.2) is 0 Å². The molecule has 29 heavy (non-hydrogen) atoms. The first-order valence-electron chi connectivity index (χ1n) is 9.21. The average Bonchev–Trinajstić information content (AvgIpc) is 2.85. The van der Waals surface area contributed by atoms with Gasteiger partial charge in [0.05, 0.1) is 28.1 Å². The van der Waals surface area contributed by atoms with Crippen LogP contribution in [0, 0.1) is 17.0 Å². The van der Waals surface area contributed by atoms with Gasteiger partial charge in [-0.05, 0) is 41.2 Å². The molecule has 4 rings (SSSR count). The van der Waals surface area contributed by atoms with E-state index in [1.54, 1.807) is 12.3 Å². The number of hydrogen-bond donors (Lipinski definition) is 1. The van der Waals surface area contributed by atoms with E-state index in [0.717, 1.165) is 17.0 Å². The van der Waals surface area contributed by atoms with Gasteiger partial charge >= 0.3 is 0 Å². The fourth-order valence-electron chi connectivity index (χ4n) is 4.36. The summed E-state index contributed by atoms with van der Waals surface area (Å²) >= 11 is 2.33. The lowest BCUT2D eigenvalue weighted by Crippen LogP contribution is -2.43. The van der Waals surface area contributed by atoms with Gasteiger partial charge in [-0.3, -0.25) is 0 Å². The second kappa shape index (κ2) is 6.93. The molecule has 0 radical (unpaired) electrons. The fourth-order valence-corrected chi connectivity index (χ4v) is 6.10. The van der Waals surface area contributed by atoms with Crippen molar-refractivity contribution in [3.8, 4) is 11.3 Å². The molecule has 0 amide bonds. The summed E-state index contributed by atoms with van der Waals surface area (Å²) in [5.74, 6) is -1.07. The summed E-state index contributed by atoms with van der Waals surface area (Å²) in [6, 6.07) is 7.39. The SMILES string of the molecule is C[C@H]1c2cc(-c3c(F)cccc3F)nnc2[C@](CI)(c2ccnc(N)n2)C1(C)C. The summed E-state index contributed by atoms with van der Waals surface area (Å²) in [7, 11) is 0. The number of hydrogen-bond acceptors (Lipinski definition) is 5. The summed E-state index contributed by atoms with van der Waals surface area (Å²) < 4.78 is 29.3. The van der Waals surface area contributed by atoms with Crippen LogP contribution in [0.4, 0.5) is 14.7 Å². The van der Waals surface area contributed by atoms with Crippen LogP contribution in [0.25, 0.3) is 11.3 Å². The molecule has 1 aliphatic carbocycles. The summed E-state index contributed by atoms with van der Waals surface area (Å²) in [5.41, 5.74) is 7.50. The van der Waals surface area contributed by atoms with E-state index in [4.69, 9.17) is 5.73 Å². The highest BCUT2D eigenvalue weighted by atomic mass is 127. The molecule has 1 aliphatic rings. The maximum atomic E-state index is 14.3. The number of rotatable bonds is 3. The predicted molar refractivity (Wildman–Crippen MR) is 116 cm³/mol. The minimum Gasteiger partial charge on any atom is -0.368 e. The molecule has 0 saturated carbocycles. The number of halogens is 3. The van der Waals surface area contributed by atoms with E-state index >= 15 is 0 Å². The lowest BCUT2D eigenvalue weighted by Gasteiger charge is -2.41. The van der Waals surface area contributed by atoms with Crippen LogP contribution in [-0.2, 0) is 5.41 Å². The Balaban J connectivity index is 1.98. The van der Waals surface area contributed by atoms with Gasteiger partial charge in [-0.2, -0.15) is 5.10 Å². The molecule has 0 spiro atoms. The zero-order valence-electron chi connectivity index (χ0n) is 16.2. The quantitative estimate of drug-likeness (QED) is 0.413. The van der Waals surface area contributed by atoms with Gasteiger partial charge in [0.25, 0.3) is 0 Å². The lowest BCUT2D eigenvalue weighted by molar-refractivity contribution is 0.209. The van der Waals surface area contributed by atoms with Crippen molar-refractivity contribution in [2.45, 2.75) is 32.1 Å². The number of nitrogens with two attached hydrogens (primary N) is 1. The Hall–Kier alpha value is -2.23. The second-order valence-corrected chi connectivity index (χ2v) is 8.68. The van der Waals surface area contributed by atoms with Crippen LogP contribution in [0.15, 0.2) is 36.5 Å². The summed E-state index contributed by atoms with van der Waals surface area (Å²) in [5, 5.41) is 8.73. The molecule has 2 atom stereocenters. The van der Waals surface area contributed by atoms with Crippen LogP contribution in [0.5, 0.6) is 0 Å². The van der Waals surface area contributed by atoms with Crippen molar-refractivity contribution in [2.75, 3.05) is 10.2 Å². The lowest BCUT2D eigenvalue weighted by atomic mass is 9.63. The van der Waals surface area contributed by atoms with Crippen molar-refractivity contribution in [3.63, 3.8) is 0 Å². The summed E-state index contributed by atoms with van der Waals surface area (Å²) in [4.78, 5) is 8.53. The number of aromatic nitrogens is 4. The molecule has 8 heteroatoms. The van der Waals surface area contributed by atoms with E-state index in [0.29, 0.717) is 4.43 Å². The Morgan fingerprint density at radius 3 is 2.45 bits per heavy atom. The van der Waals surface area contributed by atoms with Gasteiger partial charge in [-0.1, -0.05) is 49.4 Å². The molecule has 0 unspecified atom stereocenters. The third-order valence-electron chi connectivity index (χ3n) is 6.41. The van der Waals surface area contributed by atoms with Crippen molar-refractivity contribution >= 4 is 28.5 Å². The third-order valence-corrected chi connectivity index (χ3v) is 7.55. The number of nitrogens with zero attached hydrogens (tertiary/aromatic N) is 4. The first-order chi connectivity index (χ1) is 13.7. The minimum absolute atomic E-state index is 0.0486. The van der Waals surface area contributed by atoms with Crippen LogP contribution < -0.4 is 5.73 Å². The second-order valence-electron chi connectivity index (χ2n) is 7.91. The van der Waals surface area contributed by atoms with Crippen LogP contribution >= 0.6 is 22.6 Å². The molecular weight excluding hydrogens is 487 g/mol. The average molecular weight is 507 g/mol. The minimum atomic E-state index is -0.659. The highest BCUT2D eigenvalue weighted by molar-refractivity contribution is 14.1. The van der Waals surface area contributed by atoms with Gasteiger partial charge in [0.2, 0.25) is 5.95 Å². The van der Waals surface area contributed by atoms with E-state index in [1.807, 2.05) is 6.07 Å². The number of alkyl halides is 1. The Morgan fingerprint density at radius 2 is 1.83 bits per heavy atom. The van der Waals surface area contributed by atoms with Crippen molar-refractivity contribution in [2.24, 2.45) is 5.41 Å². The molecule has 5 nitrogen and oxygen atoms in total. The highest BCUT2D eigenvalue weighted by Crippen LogP contribution is 2.61. The van der Waals surface area contributed by atoms with Crippen LogP contribution in [0.2, 0.25) is 0 Å². The normalized spacial score (nSPS) is 22.5. The van der Waals surface area contributed by atoms with E-state index in [-0.39, 0.29) is 28.5 Å². The van der Waals surface area contributed by atoms with Gasteiger partial charge in [0.1, 0.15) is 11.6 Å². The Labute approximate surface area is 181 Å². The Kier molecular flexibility index (Phi) is 4.79. The van der Waals surface area contributed by atoms with Gasteiger partial charge in [0, 0.05) is 10.6 Å². The molecule has 1 aromatic carbocycles. The molecule has 2 aromatic heterocycles. The molecule has 150 valence electrons. The molecule has 2 heterocycles. The Bertz CT molecular complexity index is 1080. The molecule has 0 fully saturated rings. The van der Waals surface area contributed by atoms with Crippen LogP contribution in [-0.4, -0.2) is 24.6 Å². The van der Waals surface area contributed by atoms with Crippen LogP contribution in [0.1, 0.15) is 43.6 Å². The predicted octanol–water partition coefficient (Wildman–Crippen LogP) is 4.66. The maximum Gasteiger partial charge on any atom is 0.220 e. The van der Waals surface area contributed by atoms with Crippen molar-refractivity contribution < 1.29 is 8.78 Å². The molecular formula is C21H20F2IN5. The van der Waals surface area contributed by atoms with E-state index < -0.39 is 17.0 Å². The number of nitrogen functional groups attached to an aromatic ring is 1. The van der Waals surface area contributed by atoms with Crippen molar-refractivity contribution in [3.05, 3.63) is 65.1 Å². The van der Waals surface area contributed by atoms with Crippen molar-refractivity contribution in [1.82, 2.24) is 20.2 Å². The number of anilines is 1. The van der Waals surface area contributed by atoms with Gasteiger partial charge in [-0.25, -0.2) is 18.7 Å². The standard InChI is InChI=1S/C21H20F2IN5/c1-11-12-9-15(17-13(22)5-4-6-14(17)23)28-29-18(12)21(10-24,20(11,2)3)16-7-8-26-19(25)27-16/h4-9,11H,10H2,1-3H3,(H2,25,26,27)/t11-,21-/m0/s1. The van der Waals surface area contributed by atoms with E-state index in [9.17, 15) is 8.78 Å². The number of fused-ring (bicyclic) bond motifs is 1. The van der Waals surface area contributed by atoms with Gasteiger partial charge in [-0.15, -0.1) is 5.10 Å². The first kappa shape index (κ1) is 20.1. The topological polar surface area (TPSA) is 77.6 Å². The molecule has 0 bridgehead atoms. The number of benzene rings is 1. The van der Waals surface area contributed by atoms with Gasteiger partial charge < -0.3 is 5.73 Å². The fraction of sp³-hybridized carbons (Fsp3) is 0.333. The Morgan fingerprint density at radius 1 is 1.14 bits per heavy atom. The smallest absolute Gasteiger partial charge is 0.220 e. The summed E-state index contributed by atoms with van der Waals surface area (Å²) in [6.45, 7) is 6.40. The highest BCUT2D eigenvalue weighted by Gasteiger charge is 2.59. The molecule has 0 aliphatic heterocycles. The largest absolute Gasteiger partial charge is 0.368 e. The molecule has 0 saturated heterocycles. The van der Waals surface area contributed by atoms with Crippen LogP contribution in [0.3, 0.4) is 0 Å².